The molecule has 0 spiro atoms. The van der Waals surface area contributed by atoms with Gasteiger partial charge >= 0.3 is 0 Å². The average molecular weight is 303 g/mol. The van der Waals surface area contributed by atoms with Crippen LogP contribution < -0.4 is 0 Å². The van der Waals surface area contributed by atoms with E-state index in [1.807, 2.05) is 4.90 Å². The van der Waals surface area contributed by atoms with Crippen molar-refractivity contribution in [2.45, 2.75) is 33.1 Å². The molecule has 1 unspecified atom stereocenters. The highest BCUT2D eigenvalue weighted by Crippen LogP contribution is 2.22. The number of aromatic nitrogens is 2. The van der Waals surface area contributed by atoms with Crippen molar-refractivity contribution in [3.8, 4) is 0 Å². The van der Waals surface area contributed by atoms with Crippen molar-refractivity contribution >= 4 is 5.91 Å². The van der Waals surface area contributed by atoms with E-state index in [0.29, 0.717) is 35.9 Å². The lowest BCUT2D eigenvalue weighted by Gasteiger charge is -2.14. The highest BCUT2D eigenvalue weighted by Gasteiger charge is 2.29. The third kappa shape index (κ3) is 3.37. The van der Waals surface area contributed by atoms with Crippen LogP contribution in [-0.2, 0) is 12.8 Å². The summed E-state index contributed by atoms with van der Waals surface area (Å²) in [5, 5.41) is 8.19. The molecule has 1 saturated heterocycles. The van der Waals surface area contributed by atoms with Crippen LogP contribution in [0.3, 0.4) is 0 Å². The third-order valence-corrected chi connectivity index (χ3v) is 3.86. The molecule has 0 aliphatic carbocycles. The Bertz CT molecular complexity index is 618. The SMILES string of the molecule is CC(C)Cc1nnc(CC2CCN(C(=O)c3ccco3)C2)o1. The minimum absolute atomic E-state index is 0.0430. The number of hydrogen-bond donors (Lipinski definition) is 0. The standard InChI is InChI=1S/C16H21N3O3/c1-11(2)8-14-17-18-15(22-14)9-12-5-6-19(10-12)16(20)13-4-3-7-21-13/h3-4,7,11-12H,5-6,8-10H2,1-2H3. The molecule has 1 aliphatic heterocycles. The summed E-state index contributed by atoms with van der Waals surface area (Å²) in [6.07, 6.45) is 4.01. The second-order valence-corrected chi connectivity index (χ2v) is 6.27. The van der Waals surface area contributed by atoms with Gasteiger partial charge < -0.3 is 13.7 Å². The number of likely N-dealkylation sites (tertiary alicyclic amines) is 1. The second-order valence-electron chi connectivity index (χ2n) is 6.27. The van der Waals surface area contributed by atoms with Crippen molar-refractivity contribution in [3.63, 3.8) is 0 Å². The van der Waals surface area contributed by atoms with Crippen molar-refractivity contribution in [1.82, 2.24) is 15.1 Å². The molecule has 1 atom stereocenters. The Kier molecular flexibility index (Phi) is 4.27. The van der Waals surface area contributed by atoms with Gasteiger partial charge in [-0.25, -0.2) is 0 Å². The van der Waals surface area contributed by atoms with E-state index in [0.717, 1.165) is 25.8 Å². The lowest BCUT2D eigenvalue weighted by atomic mass is 10.1. The van der Waals surface area contributed by atoms with E-state index in [2.05, 4.69) is 24.0 Å². The van der Waals surface area contributed by atoms with Crippen LogP contribution in [0.25, 0.3) is 0 Å². The Labute approximate surface area is 129 Å². The highest BCUT2D eigenvalue weighted by atomic mass is 16.4. The molecule has 1 amide bonds. The fourth-order valence-electron chi connectivity index (χ4n) is 2.79. The van der Waals surface area contributed by atoms with Gasteiger partial charge in [0.15, 0.2) is 5.76 Å². The molecule has 0 radical (unpaired) electrons. The van der Waals surface area contributed by atoms with Gasteiger partial charge in [-0.1, -0.05) is 13.8 Å². The summed E-state index contributed by atoms with van der Waals surface area (Å²) < 4.78 is 10.8. The van der Waals surface area contributed by atoms with E-state index >= 15 is 0 Å². The van der Waals surface area contributed by atoms with Crippen LogP contribution in [0.4, 0.5) is 0 Å². The van der Waals surface area contributed by atoms with Crippen molar-refractivity contribution in [2.24, 2.45) is 11.8 Å². The number of furan rings is 1. The third-order valence-electron chi connectivity index (χ3n) is 3.86. The van der Waals surface area contributed by atoms with Gasteiger partial charge in [0.1, 0.15) is 0 Å². The zero-order valence-corrected chi connectivity index (χ0v) is 13.0. The van der Waals surface area contributed by atoms with Crippen molar-refractivity contribution in [1.29, 1.82) is 0 Å². The number of rotatable bonds is 5. The normalized spacial score (nSPS) is 18.3. The smallest absolute Gasteiger partial charge is 0.289 e. The van der Waals surface area contributed by atoms with Gasteiger partial charge in [-0.3, -0.25) is 4.79 Å². The molecule has 1 aliphatic rings. The van der Waals surface area contributed by atoms with Crippen LogP contribution in [0.15, 0.2) is 27.2 Å². The van der Waals surface area contributed by atoms with Gasteiger partial charge in [0.25, 0.3) is 5.91 Å². The molecular weight excluding hydrogens is 282 g/mol. The molecule has 118 valence electrons. The van der Waals surface area contributed by atoms with Crippen LogP contribution in [-0.4, -0.2) is 34.1 Å². The Morgan fingerprint density at radius 3 is 2.95 bits per heavy atom. The van der Waals surface area contributed by atoms with Gasteiger partial charge in [-0.05, 0) is 30.4 Å². The summed E-state index contributed by atoms with van der Waals surface area (Å²) in [4.78, 5) is 14.0. The Hall–Kier alpha value is -2.11. The average Bonchev–Trinajstić information content (AvgIpc) is 3.19. The molecule has 0 saturated carbocycles. The predicted molar refractivity (Wildman–Crippen MR) is 79.3 cm³/mol. The molecule has 6 heteroatoms. The zero-order valence-electron chi connectivity index (χ0n) is 13.0. The van der Waals surface area contributed by atoms with Gasteiger partial charge in [0.05, 0.1) is 6.26 Å². The van der Waals surface area contributed by atoms with E-state index < -0.39 is 0 Å². The fourth-order valence-corrected chi connectivity index (χ4v) is 2.79. The number of hydrogen-bond acceptors (Lipinski definition) is 5. The van der Waals surface area contributed by atoms with E-state index in [4.69, 9.17) is 8.83 Å². The largest absolute Gasteiger partial charge is 0.459 e. The summed E-state index contributed by atoms with van der Waals surface area (Å²) in [5.74, 6) is 2.60. The molecule has 3 heterocycles. The molecule has 22 heavy (non-hydrogen) atoms. The molecule has 0 bridgehead atoms. The highest BCUT2D eigenvalue weighted by molar-refractivity contribution is 5.91. The Morgan fingerprint density at radius 2 is 2.23 bits per heavy atom. The summed E-state index contributed by atoms with van der Waals surface area (Å²) in [7, 11) is 0. The van der Waals surface area contributed by atoms with Gasteiger partial charge in [0.2, 0.25) is 11.8 Å². The van der Waals surface area contributed by atoms with Crippen LogP contribution in [0.2, 0.25) is 0 Å². The van der Waals surface area contributed by atoms with E-state index in [1.165, 1.54) is 6.26 Å². The van der Waals surface area contributed by atoms with Crippen LogP contribution in [0, 0.1) is 11.8 Å². The maximum absolute atomic E-state index is 12.2. The van der Waals surface area contributed by atoms with E-state index in [9.17, 15) is 4.79 Å². The first-order chi connectivity index (χ1) is 10.6. The van der Waals surface area contributed by atoms with Crippen LogP contribution in [0.1, 0.15) is 42.6 Å². The first kappa shape index (κ1) is 14.8. The second kappa shape index (κ2) is 6.34. The van der Waals surface area contributed by atoms with Gasteiger partial charge in [-0.15, -0.1) is 10.2 Å². The molecule has 0 aromatic carbocycles. The topological polar surface area (TPSA) is 72.4 Å². The Balaban J connectivity index is 1.54. The zero-order chi connectivity index (χ0) is 15.5. The first-order valence-electron chi connectivity index (χ1n) is 7.76. The number of amides is 1. The van der Waals surface area contributed by atoms with Crippen molar-refractivity contribution < 1.29 is 13.6 Å². The summed E-state index contributed by atoms with van der Waals surface area (Å²) >= 11 is 0. The van der Waals surface area contributed by atoms with Gasteiger partial charge in [0, 0.05) is 25.9 Å². The maximum Gasteiger partial charge on any atom is 0.289 e. The van der Waals surface area contributed by atoms with Crippen molar-refractivity contribution in [2.75, 3.05) is 13.1 Å². The minimum Gasteiger partial charge on any atom is -0.459 e. The lowest BCUT2D eigenvalue weighted by molar-refractivity contribution is 0.0755. The summed E-state index contributed by atoms with van der Waals surface area (Å²) in [6, 6.07) is 3.43. The minimum atomic E-state index is -0.0430. The van der Waals surface area contributed by atoms with Crippen LogP contribution >= 0.6 is 0 Å². The van der Waals surface area contributed by atoms with Gasteiger partial charge in [-0.2, -0.15) is 0 Å². The molecule has 0 N–H and O–H groups in total. The molecule has 6 nitrogen and oxygen atoms in total. The molecule has 1 fully saturated rings. The van der Waals surface area contributed by atoms with E-state index in [1.54, 1.807) is 12.1 Å². The first-order valence-corrected chi connectivity index (χ1v) is 7.76. The monoisotopic (exact) mass is 303 g/mol. The predicted octanol–water partition coefficient (Wildman–Crippen LogP) is 2.57. The molecule has 2 aromatic rings. The molecule has 3 rings (SSSR count). The van der Waals surface area contributed by atoms with Crippen LogP contribution in [0.5, 0.6) is 0 Å². The quantitative estimate of drug-likeness (QED) is 0.849. The summed E-state index contributed by atoms with van der Waals surface area (Å²) in [6.45, 7) is 5.70. The fraction of sp³-hybridized carbons (Fsp3) is 0.562. The molecular formula is C16H21N3O3. The summed E-state index contributed by atoms with van der Waals surface area (Å²) in [5.41, 5.74) is 0. The number of carbonyl (C=O) groups is 1. The Morgan fingerprint density at radius 1 is 1.41 bits per heavy atom. The van der Waals surface area contributed by atoms with E-state index in [-0.39, 0.29) is 5.91 Å². The molecule has 2 aromatic heterocycles. The maximum atomic E-state index is 12.2. The number of carbonyl (C=O) groups excluding carboxylic acids is 1. The number of nitrogens with zero attached hydrogens (tertiary/aromatic N) is 3. The lowest BCUT2D eigenvalue weighted by Crippen LogP contribution is -2.28. The van der Waals surface area contributed by atoms with Crippen molar-refractivity contribution in [3.05, 3.63) is 35.9 Å².